The molecule has 0 bridgehead atoms. The molecule has 4 rings (SSSR count). The summed E-state index contributed by atoms with van der Waals surface area (Å²) < 4.78 is 53.2. The number of carbonyl (C=O) groups excluding carboxylic acids is 1. The van der Waals surface area contributed by atoms with Crippen molar-refractivity contribution in [1.82, 2.24) is 19.1 Å². The number of furan rings is 1. The van der Waals surface area contributed by atoms with Crippen molar-refractivity contribution in [3.05, 3.63) is 72.0 Å². The Kier molecular flexibility index (Phi) is 4.84. The van der Waals surface area contributed by atoms with Gasteiger partial charge in [-0.3, -0.25) is 0 Å². The number of nitrogens with zero attached hydrogens (tertiary/aromatic N) is 4. The van der Waals surface area contributed by atoms with Crippen LogP contribution >= 0.6 is 0 Å². The first-order chi connectivity index (χ1) is 14.2. The summed E-state index contributed by atoms with van der Waals surface area (Å²) in [4.78, 5) is 20.6. The zero-order valence-electron chi connectivity index (χ0n) is 16.1. The average Bonchev–Trinajstić information content (AvgIpc) is 3.42. The molecule has 4 aromatic rings. The van der Waals surface area contributed by atoms with Crippen LogP contribution in [0.25, 0.3) is 11.0 Å². The van der Waals surface area contributed by atoms with Crippen molar-refractivity contribution < 1.29 is 27.1 Å². The van der Waals surface area contributed by atoms with Crippen LogP contribution in [-0.2, 0) is 24.5 Å². The number of aromatic nitrogens is 4. The topological polar surface area (TPSA) is 75.1 Å². The van der Waals surface area contributed by atoms with Crippen LogP contribution in [0.1, 0.15) is 40.7 Å². The summed E-state index contributed by atoms with van der Waals surface area (Å²) in [6.45, 7) is 2.01. The molecule has 0 radical (unpaired) electrons. The summed E-state index contributed by atoms with van der Waals surface area (Å²) in [6, 6.07) is 6.48. The van der Waals surface area contributed by atoms with Gasteiger partial charge in [0.15, 0.2) is 11.9 Å². The summed E-state index contributed by atoms with van der Waals surface area (Å²) in [7, 11) is 1.65. The molecule has 3 heterocycles. The largest absolute Gasteiger partial charge is 0.452 e. The van der Waals surface area contributed by atoms with Crippen LogP contribution < -0.4 is 0 Å². The van der Waals surface area contributed by atoms with Gasteiger partial charge in [-0.1, -0.05) is 0 Å². The highest BCUT2D eigenvalue weighted by Gasteiger charge is 2.31. The van der Waals surface area contributed by atoms with Gasteiger partial charge in [-0.25, -0.2) is 14.8 Å². The van der Waals surface area contributed by atoms with Gasteiger partial charge >= 0.3 is 12.1 Å². The van der Waals surface area contributed by atoms with Crippen LogP contribution in [0.5, 0.6) is 0 Å². The standard InChI is InChI=1S/C20H17F3N4O3/c1-12(18-25-15-9-13(20(21,22)23)3-5-16(15)26(18)2)29-19(28)17-6-4-14(30-17)10-27-8-7-24-11-27/h3-9,11-12H,10H2,1-2H3. The van der Waals surface area contributed by atoms with Crippen molar-refractivity contribution in [3.63, 3.8) is 0 Å². The maximum absolute atomic E-state index is 12.9. The van der Waals surface area contributed by atoms with Crippen LogP contribution in [-0.4, -0.2) is 25.1 Å². The van der Waals surface area contributed by atoms with Gasteiger partial charge < -0.3 is 18.3 Å². The van der Waals surface area contributed by atoms with Crippen molar-refractivity contribution in [1.29, 1.82) is 0 Å². The Labute approximate surface area is 168 Å². The van der Waals surface area contributed by atoms with E-state index < -0.39 is 23.8 Å². The number of halogens is 3. The minimum Gasteiger partial charge on any atom is -0.452 e. The fourth-order valence-corrected chi connectivity index (χ4v) is 3.16. The molecule has 1 aromatic carbocycles. The Morgan fingerprint density at radius 3 is 2.77 bits per heavy atom. The van der Waals surface area contributed by atoms with Crippen molar-refractivity contribution in [2.24, 2.45) is 7.05 Å². The zero-order valence-corrected chi connectivity index (χ0v) is 16.1. The van der Waals surface area contributed by atoms with E-state index in [1.807, 2.05) is 0 Å². The molecule has 0 saturated heterocycles. The van der Waals surface area contributed by atoms with E-state index in [1.54, 1.807) is 47.9 Å². The Balaban J connectivity index is 1.51. The van der Waals surface area contributed by atoms with Crippen LogP contribution in [0.4, 0.5) is 13.2 Å². The van der Waals surface area contributed by atoms with Gasteiger partial charge in [0.2, 0.25) is 5.76 Å². The lowest BCUT2D eigenvalue weighted by Gasteiger charge is -2.12. The van der Waals surface area contributed by atoms with E-state index in [1.165, 1.54) is 12.1 Å². The maximum atomic E-state index is 12.9. The number of hydrogen-bond acceptors (Lipinski definition) is 5. The van der Waals surface area contributed by atoms with Gasteiger partial charge in [-0.05, 0) is 37.3 Å². The number of alkyl halides is 3. The number of hydrogen-bond donors (Lipinski definition) is 0. The van der Waals surface area contributed by atoms with Gasteiger partial charge in [-0.15, -0.1) is 0 Å². The lowest BCUT2D eigenvalue weighted by molar-refractivity contribution is -0.137. The molecule has 0 N–H and O–H groups in total. The second-order valence-electron chi connectivity index (χ2n) is 6.78. The third-order valence-electron chi connectivity index (χ3n) is 4.65. The summed E-state index contributed by atoms with van der Waals surface area (Å²) in [5, 5.41) is 0. The maximum Gasteiger partial charge on any atom is 0.416 e. The highest BCUT2D eigenvalue weighted by Crippen LogP contribution is 2.32. The highest BCUT2D eigenvalue weighted by molar-refractivity contribution is 5.86. The van der Waals surface area contributed by atoms with Crippen molar-refractivity contribution in [3.8, 4) is 0 Å². The fraction of sp³-hybridized carbons (Fsp3) is 0.250. The first kappa shape index (κ1) is 19.7. The monoisotopic (exact) mass is 418 g/mol. The smallest absolute Gasteiger partial charge is 0.416 e. The Bertz CT molecular complexity index is 1190. The van der Waals surface area contributed by atoms with E-state index in [0.717, 1.165) is 12.1 Å². The Morgan fingerprint density at radius 1 is 1.27 bits per heavy atom. The second-order valence-corrected chi connectivity index (χ2v) is 6.78. The molecule has 0 spiro atoms. The van der Waals surface area contributed by atoms with E-state index in [-0.39, 0.29) is 11.3 Å². The SMILES string of the molecule is CC(OC(=O)c1ccc(Cn2ccnc2)o1)c1nc2cc(C(F)(F)F)ccc2n1C. The quantitative estimate of drug-likeness (QED) is 0.451. The first-order valence-electron chi connectivity index (χ1n) is 9.01. The number of imidazole rings is 2. The van der Waals surface area contributed by atoms with Gasteiger partial charge in [0.05, 0.1) is 29.5 Å². The van der Waals surface area contributed by atoms with Gasteiger partial charge in [0.1, 0.15) is 5.76 Å². The van der Waals surface area contributed by atoms with Crippen LogP contribution in [0, 0.1) is 0 Å². The van der Waals surface area contributed by atoms with E-state index in [0.29, 0.717) is 23.6 Å². The molecular formula is C20H17F3N4O3. The number of fused-ring (bicyclic) bond motifs is 1. The third-order valence-corrected chi connectivity index (χ3v) is 4.65. The lowest BCUT2D eigenvalue weighted by Crippen LogP contribution is -2.12. The molecule has 1 atom stereocenters. The zero-order chi connectivity index (χ0) is 21.5. The molecule has 1 unspecified atom stereocenters. The molecule has 0 fully saturated rings. The molecule has 0 aliphatic carbocycles. The molecule has 0 amide bonds. The van der Waals surface area contributed by atoms with Crippen LogP contribution in [0.15, 0.2) is 53.5 Å². The van der Waals surface area contributed by atoms with Gasteiger partial charge in [-0.2, -0.15) is 13.2 Å². The Hall–Kier alpha value is -3.56. The molecular weight excluding hydrogens is 401 g/mol. The summed E-state index contributed by atoms with van der Waals surface area (Å²) in [6.07, 6.45) is -0.241. The van der Waals surface area contributed by atoms with Gasteiger partial charge in [0.25, 0.3) is 0 Å². The van der Waals surface area contributed by atoms with E-state index in [9.17, 15) is 18.0 Å². The number of ether oxygens (including phenoxy) is 1. The number of esters is 1. The average molecular weight is 418 g/mol. The van der Waals surface area contributed by atoms with Crippen LogP contribution in [0.2, 0.25) is 0 Å². The minimum absolute atomic E-state index is 0.0232. The molecule has 10 heteroatoms. The first-order valence-corrected chi connectivity index (χ1v) is 9.01. The molecule has 7 nitrogen and oxygen atoms in total. The predicted molar refractivity (Wildman–Crippen MR) is 99.6 cm³/mol. The van der Waals surface area contributed by atoms with Crippen molar-refractivity contribution in [2.45, 2.75) is 25.7 Å². The van der Waals surface area contributed by atoms with Gasteiger partial charge in [0, 0.05) is 19.4 Å². The van der Waals surface area contributed by atoms with Crippen molar-refractivity contribution >= 4 is 17.0 Å². The summed E-state index contributed by atoms with van der Waals surface area (Å²) in [5.41, 5.74) is -0.113. The molecule has 0 aliphatic rings. The fourth-order valence-electron chi connectivity index (χ4n) is 3.16. The summed E-state index contributed by atoms with van der Waals surface area (Å²) in [5.74, 6) is 0.204. The third kappa shape index (κ3) is 3.80. The molecule has 3 aromatic heterocycles. The van der Waals surface area contributed by atoms with E-state index in [2.05, 4.69) is 9.97 Å². The highest BCUT2D eigenvalue weighted by atomic mass is 19.4. The molecule has 0 aliphatic heterocycles. The number of aryl methyl sites for hydroxylation is 1. The number of rotatable bonds is 5. The normalized spacial score (nSPS) is 13.0. The molecule has 156 valence electrons. The minimum atomic E-state index is -4.46. The number of benzene rings is 1. The number of carbonyl (C=O) groups is 1. The van der Waals surface area contributed by atoms with E-state index in [4.69, 9.17) is 9.15 Å². The van der Waals surface area contributed by atoms with Crippen molar-refractivity contribution in [2.75, 3.05) is 0 Å². The predicted octanol–water partition coefficient (Wildman–Crippen LogP) is 4.35. The second kappa shape index (κ2) is 7.36. The lowest BCUT2D eigenvalue weighted by atomic mass is 10.2. The van der Waals surface area contributed by atoms with E-state index >= 15 is 0 Å². The Morgan fingerprint density at radius 2 is 2.07 bits per heavy atom. The molecule has 0 saturated carbocycles. The molecule has 30 heavy (non-hydrogen) atoms. The van der Waals surface area contributed by atoms with Crippen LogP contribution in [0.3, 0.4) is 0 Å². The summed E-state index contributed by atoms with van der Waals surface area (Å²) >= 11 is 0.